The maximum Gasteiger partial charge on any atom is 0.0232 e. The van der Waals surface area contributed by atoms with Crippen molar-refractivity contribution in [2.75, 3.05) is 26.2 Å². The highest BCUT2D eigenvalue weighted by Crippen LogP contribution is 2.15. The van der Waals surface area contributed by atoms with Crippen LogP contribution in [0.2, 0.25) is 0 Å². The molecule has 58 valence electrons. The second kappa shape index (κ2) is 2.89. The lowest BCUT2D eigenvalue weighted by molar-refractivity contribution is 0.258. The minimum atomic E-state index is 0.877. The van der Waals surface area contributed by atoms with E-state index in [-0.39, 0.29) is 0 Å². The molecule has 2 heteroatoms. The van der Waals surface area contributed by atoms with Crippen LogP contribution in [-0.2, 0) is 0 Å². The Morgan fingerprint density at radius 3 is 2.60 bits per heavy atom. The molecule has 0 unspecified atom stereocenters. The van der Waals surface area contributed by atoms with Crippen LogP contribution in [-0.4, -0.2) is 37.1 Å². The van der Waals surface area contributed by atoms with E-state index in [2.05, 4.69) is 10.2 Å². The van der Waals surface area contributed by atoms with Gasteiger partial charge >= 0.3 is 0 Å². The monoisotopic (exact) mass is 140 g/mol. The number of hydrogen-bond acceptors (Lipinski definition) is 2. The minimum absolute atomic E-state index is 0.877. The molecule has 0 aromatic carbocycles. The molecule has 0 amide bonds. The van der Waals surface area contributed by atoms with Gasteiger partial charge in [0.05, 0.1) is 0 Å². The largest absolute Gasteiger partial charge is 0.315 e. The molecule has 0 spiro atoms. The molecule has 0 aliphatic carbocycles. The topological polar surface area (TPSA) is 15.3 Å². The van der Waals surface area contributed by atoms with Crippen LogP contribution in [0, 0.1) is 0 Å². The van der Waals surface area contributed by atoms with E-state index in [0.29, 0.717) is 0 Å². The first-order valence-corrected chi connectivity index (χ1v) is 4.41. The van der Waals surface area contributed by atoms with Crippen LogP contribution in [0.25, 0.3) is 0 Å². The van der Waals surface area contributed by atoms with Crippen molar-refractivity contribution in [3.05, 3.63) is 0 Å². The van der Waals surface area contributed by atoms with Crippen molar-refractivity contribution < 1.29 is 0 Å². The van der Waals surface area contributed by atoms with Crippen molar-refractivity contribution in [3.8, 4) is 0 Å². The molecule has 2 aliphatic rings. The molecule has 2 rings (SSSR count). The summed E-state index contributed by atoms with van der Waals surface area (Å²) in [6.07, 6.45) is 4.23. The molecular formula is C8H16N2. The molecule has 2 saturated heterocycles. The molecule has 0 bridgehead atoms. The van der Waals surface area contributed by atoms with Gasteiger partial charge in [0.2, 0.25) is 0 Å². The van der Waals surface area contributed by atoms with Crippen molar-refractivity contribution in [1.29, 1.82) is 0 Å². The molecule has 2 nitrogen and oxygen atoms in total. The summed E-state index contributed by atoms with van der Waals surface area (Å²) in [5.41, 5.74) is 0. The van der Waals surface area contributed by atoms with Gasteiger partial charge in [-0.3, -0.25) is 4.90 Å². The molecular weight excluding hydrogens is 124 g/mol. The average molecular weight is 140 g/mol. The fourth-order valence-corrected chi connectivity index (χ4v) is 2.06. The molecule has 1 N–H and O–H groups in total. The average Bonchev–Trinajstić information content (AvgIpc) is 2.59. The number of rotatable bonds is 1. The third-order valence-electron chi connectivity index (χ3n) is 2.69. The molecule has 0 saturated carbocycles. The summed E-state index contributed by atoms with van der Waals surface area (Å²) in [5, 5.41) is 3.41. The first-order valence-electron chi connectivity index (χ1n) is 4.41. The molecule has 0 aromatic heterocycles. The lowest BCUT2D eigenvalue weighted by Crippen LogP contribution is -2.34. The number of nitrogens with zero attached hydrogens (tertiary/aromatic N) is 1. The van der Waals surface area contributed by atoms with Gasteiger partial charge in [0.1, 0.15) is 0 Å². The maximum absolute atomic E-state index is 3.41. The molecule has 0 aromatic rings. The van der Waals surface area contributed by atoms with Crippen LogP contribution >= 0.6 is 0 Å². The SMILES string of the molecule is C1CCN([C@@H]2CCNC2)C1. The Morgan fingerprint density at radius 2 is 2.00 bits per heavy atom. The van der Waals surface area contributed by atoms with E-state index in [1.165, 1.54) is 45.4 Å². The standard InChI is InChI=1S/C8H16N2/c1-2-6-10(5-1)8-3-4-9-7-8/h8-9H,1-7H2/t8-/m1/s1. The number of nitrogens with one attached hydrogen (secondary N) is 1. The maximum atomic E-state index is 3.41. The smallest absolute Gasteiger partial charge is 0.0232 e. The summed E-state index contributed by atoms with van der Waals surface area (Å²) in [5.74, 6) is 0. The van der Waals surface area contributed by atoms with Gasteiger partial charge in [0, 0.05) is 12.6 Å². The van der Waals surface area contributed by atoms with Gasteiger partial charge < -0.3 is 5.32 Å². The van der Waals surface area contributed by atoms with E-state index in [1.54, 1.807) is 0 Å². The second-order valence-electron chi connectivity index (χ2n) is 3.39. The molecule has 2 aliphatic heterocycles. The van der Waals surface area contributed by atoms with Gasteiger partial charge in [0.25, 0.3) is 0 Å². The van der Waals surface area contributed by atoms with Crippen molar-refractivity contribution in [2.24, 2.45) is 0 Å². The Balaban J connectivity index is 1.85. The first-order chi connectivity index (χ1) is 4.97. The molecule has 0 radical (unpaired) electrons. The zero-order chi connectivity index (χ0) is 6.81. The summed E-state index contributed by atoms with van der Waals surface area (Å²) < 4.78 is 0. The van der Waals surface area contributed by atoms with E-state index in [0.717, 1.165) is 6.04 Å². The fraction of sp³-hybridized carbons (Fsp3) is 1.00. The lowest BCUT2D eigenvalue weighted by Gasteiger charge is -2.21. The highest BCUT2D eigenvalue weighted by Gasteiger charge is 2.23. The second-order valence-corrected chi connectivity index (χ2v) is 3.39. The van der Waals surface area contributed by atoms with Gasteiger partial charge in [-0.15, -0.1) is 0 Å². The highest BCUT2D eigenvalue weighted by molar-refractivity contribution is 4.82. The fourth-order valence-electron chi connectivity index (χ4n) is 2.06. The van der Waals surface area contributed by atoms with Crippen molar-refractivity contribution in [2.45, 2.75) is 25.3 Å². The Bertz CT molecular complexity index is 87.8. The van der Waals surface area contributed by atoms with Crippen molar-refractivity contribution in [1.82, 2.24) is 10.2 Å². The van der Waals surface area contributed by atoms with Crippen LogP contribution in [0.5, 0.6) is 0 Å². The molecule has 1 atom stereocenters. The van der Waals surface area contributed by atoms with Crippen LogP contribution in [0.3, 0.4) is 0 Å². The third-order valence-corrected chi connectivity index (χ3v) is 2.69. The highest BCUT2D eigenvalue weighted by atomic mass is 15.2. The Labute approximate surface area is 62.6 Å². The van der Waals surface area contributed by atoms with Crippen LogP contribution in [0.4, 0.5) is 0 Å². The third kappa shape index (κ3) is 1.18. The molecule has 10 heavy (non-hydrogen) atoms. The van der Waals surface area contributed by atoms with Crippen molar-refractivity contribution in [3.63, 3.8) is 0 Å². The van der Waals surface area contributed by atoms with E-state index < -0.39 is 0 Å². The first kappa shape index (κ1) is 6.62. The van der Waals surface area contributed by atoms with Gasteiger partial charge in [-0.2, -0.15) is 0 Å². The van der Waals surface area contributed by atoms with E-state index in [9.17, 15) is 0 Å². The minimum Gasteiger partial charge on any atom is -0.315 e. The zero-order valence-corrected chi connectivity index (χ0v) is 6.47. The molecule has 2 fully saturated rings. The predicted molar refractivity (Wildman–Crippen MR) is 42.1 cm³/mol. The van der Waals surface area contributed by atoms with E-state index >= 15 is 0 Å². The van der Waals surface area contributed by atoms with Gasteiger partial charge in [-0.25, -0.2) is 0 Å². The normalized spacial score (nSPS) is 35.4. The van der Waals surface area contributed by atoms with E-state index in [4.69, 9.17) is 0 Å². The van der Waals surface area contributed by atoms with E-state index in [1.807, 2.05) is 0 Å². The molecule has 2 heterocycles. The van der Waals surface area contributed by atoms with Crippen LogP contribution in [0.1, 0.15) is 19.3 Å². The Hall–Kier alpha value is -0.0800. The van der Waals surface area contributed by atoms with Crippen LogP contribution in [0.15, 0.2) is 0 Å². The summed E-state index contributed by atoms with van der Waals surface area (Å²) in [6.45, 7) is 5.18. The predicted octanol–water partition coefficient (Wildman–Crippen LogP) is 0.444. The lowest BCUT2D eigenvalue weighted by atomic mass is 10.2. The summed E-state index contributed by atoms with van der Waals surface area (Å²) in [7, 11) is 0. The number of likely N-dealkylation sites (tertiary alicyclic amines) is 1. The van der Waals surface area contributed by atoms with Crippen molar-refractivity contribution >= 4 is 0 Å². The number of hydrogen-bond donors (Lipinski definition) is 1. The Morgan fingerprint density at radius 1 is 1.20 bits per heavy atom. The van der Waals surface area contributed by atoms with Crippen LogP contribution < -0.4 is 5.32 Å². The summed E-state index contributed by atoms with van der Waals surface area (Å²) in [4.78, 5) is 2.64. The summed E-state index contributed by atoms with van der Waals surface area (Å²) in [6, 6.07) is 0.877. The Kier molecular flexibility index (Phi) is 1.91. The van der Waals surface area contributed by atoms with Gasteiger partial charge in [-0.1, -0.05) is 0 Å². The quantitative estimate of drug-likeness (QED) is 0.568. The summed E-state index contributed by atoms with van der Waals surface area (Å²) >= 11 is 0. The van der Waals surface area contributed by atoms with Gasteiger partial charge in [0.15, 0.2) is 0 Å². The zero-order valence-electron chi connectivity index (χ0n) is 6.47. The van der Waals surface area contributed by atoms with Gasteiger partial charge in [-0.05, 0) is 38.9 Å².